The van der Waals surface area contributed by atoms with Crippen molar-refractivity contribution >= 4 is 14.4 Å². The minimum absolute atomic E-state index is 0.00902. The Morgan fingerprint density at radius 3 is 2.21 bits per heavy atom. The van der Waals surface area contributed by atoms with Gasteiger partial charge in [-0.2, -0.15) is 0 Å². The Balaban J connectivity index is 2.06. The van der Waals surface area contributed by atoms with E-state index in [1.54, 1.807) is 4.68 Å². The Morgan fingerprint density at radius 2 is 1.75 bits per heavy atom. The Hall–Kier alpha value is -1.12. The van der Waals surface area contributed by atoms with Gasteiger partial charge in [-0.3, -0.25) is 4.79 Å². The summed E-state index contributed by atoms with van der Waals surface area (Å²) in [7, 11) is -0.820. The summed E-state index contributed by atoms with van der Waals surface area (Å²) in [6.07, 6.45) is 1.19. The molecule has 2 heterocycles. The first kappa shape index (κ1) is 23.2. The van der Waals surface area contributed by atoms with Crippen molar-refractivity contribution in [3.63, 3.8) is 0 Å². The SMILES string of the molecule is CCN(CC)P(OC[C@H]1O[C@@H](n2cnc(C(N)=O)n2)C(C)C1C)N(CC)CC. The largest absolute Gasteiger partial charge is 0.363 e. The van der Waals surface area contributed by atoms with E-state index in [1.807, 2.05) is 0 Å². The van der Waals surface area contributed by atoms with Gasteiger partial charge in [0, 0.05) is 32.1 Å². The van der Waals surface area contributed by atoms with Crippen molar-refractivity contribution in [3.8, 4) is 0 Å². The molecule has 28 heavy (non-hydrogen) atoms. The molecule has 1 aliphatic rings. The highest BCUT2D eigenvalue weighted by atomic mass is 31.2. The van der Waals surface area contributed by atoms with Crippen LogP contribution < -0.4 is 5.73 Å². The van der Waals surface area contributed by atoms with Crippen LogP contribution in [0.15, 0.2) is 6.33 Å². The highest BCUT2D eigenvalue weighted by Gasteiger charge is 2.41. The first-order chi connectivity index (χ1) is 13.4. The average molecular weight is 414 g/mol. The molecule has 1 aromatic heterocycles. The lowest BCUT2D eigenvalue weighted by molar-refractivity contribution is -0.0375. The minimum atomic E-state index is -0.820. The molecule has 0 bridgehead atoms. The van der Waals surface area contributed by atoms with Crippen molar-refractivity contribution < 1.29 is 14.1 Å². The maximum Gasteiger partial charge on any atom is 0.288 e. The van der Waals surface area contributed by atoms with Crippen LogP contribution in [0.1, 0.15) is 58.4 Å². The third kappa shape index (κ3) is 5.07. The number of hydrogen-bond donors (Lipinski definition) is 1. The van der Waals surface area contributed by atoms with Gasteiger partial charge in [-0.05, 0) is 5.92 Å². The van der Waals surface area contributed by atoms with E-state index in [2.05, 4.69) is 61.0 Å². The maximum atomic E-state index is 11.3. The molecule has 2 rings (SSSR count). The molecule has 2 unspecified atom stereocenters. The standard InChI is InChI=1S/C18H35N6O3P/c1-7-22(8-2)28(23(9-3)10-4)26-11-15-13(5)14(6)18(27-15)24-12-20-17(21-24)16(19)25/h12-15,18H,7-11H2,1-6H3,(H2,19,25)/t13?,14?,15-,18-/m1/s1. The zero-order chi connectivity index (χ0) is 20.8. The number of primary amides is 1. The molecule has 1 aliphatic heterocycles. The molecule has 4 atom stereocenters. The maximum absolute atomic E-state index is 11.3. The number of nitrogens with two attached hydrogens (primary N) is 1. The molecule has 0 radical (unpaired) electrons. The summed E-state index contributed by atoms with van der Waals surface area (Å²) in [6.45, 7) is 17.3. The summed E-state index contributed by atoms with van der Waals surface area (Å²) >= 11 is 0. The number of hydrogen-bond acceptors (Lipinski definition) is 7. The van der Waals surface area contributed by atoms with E-state index in [4.69, 9.17) is 15.0 Å². The third-order valence-electron chi connectivity index (χ3n) is 5.47. The molecule has 0 spiro atoms. The van der Waals surface area contributed by atoms with Gasteiger partial charge in [0.2, 0.25) is 5.82 Å². The lowest BCUT2D eigenvalue weighted by Gasteiger charge is -2.36. The lowest BCUT2D eigenvalue weighted by Crippen LogP contribution is -2.32. The van der Waals surface area contributed by atoms with Gasteiger partial charge in [-0.25, -0.2) is 19.0 Å². The normalized spacial score (nSPS) is 25.3. The van der Waals surface area contributed by atoms with Crippen LogP contribution >= 0.6 is 8.45 Å². The summed E-state index contributed by atoms with van der Waals surface area (Å²) in [5.41, 5.74) is 5.26. The fourth-order valence-corrected chi connectivity index (χ4v) is 5.38. The summed E-state index contributed by atoms with van der Waals surface area (Å²) in [6, 6.07) is 0. The van der Waals surface area contributed by atoms with Gasteiger partial charge in [0.25, 0.3) is 5.91 Å². The van der Waals surface area contributed by atoms with E-state index in [0.717, 1.165) is 26.2 Å². The number of rotatable bonds is 11. The van der Waals surface area contributed by atoms with Crippen molar-refractivity contribution in [1.29, 1.82) is 0 Å². The van der Waals surface area contributed by atoms with Crippen LogP contribution in [0.5, 0.6) is 0 Å². The van der Waals surface area contributed by atoms with Crippen LogP contribution in [0.3, 0.4) is 0 Å². The summed E-state index contributed by atoms with van der Waals surface area (Å²) in [4.78, 5) is 15.2. The van der Waals surface area contributed by atoms with Gasteiger partial charge < -0.3 is 15.0 Å². The minimum Gasteiger partial charge on any atom is -0.363 e. The fraction of sp³-hybridized carbons (Fsp3) is 0.833. The molecule has 160 valence electrons. The van der Waals surface area contributed by atoms with E-state index in [1.165, 1.54) is 6.33 Å². The number of aromatic nitrogens is 3. The zero-order valence-corrected chi connectivity index (χ0v) is 18.8. The molecule has 1 saturated heterocycles. The lowest BCUT2D eigenvalue weighted by atomic mass is 9.93. The number of nitrogens with zero attached hydrogens (tertiary/aromatic N) is 5. The van der Waals surface area contributed by atoms with Crippen molar-refractivity contribution in [3.05, 3.63) is 12.2 Å². The quantitative estimate of drug-likeness (QED) is 0.555. The number of ether oxygens (including phenoxy) is 1. The molecule has 9 nitrogen and oxygen atoms in total. The molecule has 0 aliphatic carbocycles. The molecule has 10 heteroatoms. The van der Waals surface area contributed by atoms with Crippen LogP contribution in [0, 0.1) is 11.8 Å². The zero-order valence-electron chi connectivity index (χ0n) is 17.9. The summed E-state index contributed by atoms with van der Waals surface area (Å²) < 4.78 is 19.0. The molecule has 1 fully saturated rings. The first-order valence-corrected chi connectivity index (χ1v) is 11.3. The van der Waals surface area contributed by atoms with Crippen LogP contribution in [0.4, 0.5) is 0 Å². The summed E-state index contributed by atoms with van der Waals surface area (Å²) in [5, 5.41) is 4.17. The van der Waals surface area contributed by atoms with Crippen molar-refractivity contribution in [2.45, 2.75) is 53.9 Å². The Kier molecular flexibility index (Phi) is 8.77. The number of carbonyl (C=O) groups excluding carboxylic acids is 1. The van der Waals surface area contributed by atoms with Crippen LogP contribution in [-0.2, 0) is 9.26 Å². The highest BCUT2D eigenvalue weighted by molar-refractivity contribution is 7.47. The second-order valence-electron chi connectivity index (χ2n) is 7.02. The van der Waals surface area contributed by atoms with Gasteiger partial charge in [-0.1, -0.05) is 41.5 Å². The molecule has 1 aromatic rings. The first-order valence-electron chi connectivity index (χ1n) is 10.2. The van der Waals surface area contributed by atoms with Crippen molar-refractivity contribution in [2.75, 3.05) is 32.8 Å². The predicted molar refractivity (Wildman–Crippen MR) is 109 cm³/mol. The van der Waals surface area contributed by atoms with E-state index >= 15 is 0 Å². The predicted octanol–water partition coefficient (Wildman–Crippen LogP) is 2.47. The summed E-state index contributed by atoms with van der Waals surface area (Å²) in [5.74, 6) is -0.128. The van der Waals surface area contributed by atoms with Crippen LogP contribution in [0.2, 0.25) is 0 Å². The number of carbonyl (C=O) groups is 1. The van der Waals surface area contributed by atoms with E-state index in [9.17, 15) is 4.79 Å². The van der Waals surface area contributed by atoms with E-state index in [0.29, 0.717) is 6.61 Å². The Labute approximate surface area is 169 Å². The molecule has 0 aromatic carbocycles. The second-order valence-corrected chi connectivity index (χ2v) is 8.92. The average Bonchev–Trinajstić information content (AvgIpc) is 3.27. The van der Waals surface area contributed by atoms with E-state index in [-0.39, 0.29) is 30.0 Å². The van der Waals surface area contributed by atoms with Crippen LogP contribution in [0.25, 0.3) is 0 Å². The van der Waals surface area contributed by atoms with E-state index < -0.39 is 14.4 Å². The molecule has 2 N–H and O–H groups in total. The van der Waals surface area contributed by atoms with Crippen molar-refractivity contribution in [2.24, 2.45) is 17.6 Å². The van der Waals surface area contributed by atoms with Crippen molar-refractivity contribution in [1.82, 2.24) is 24.1 Å². The van der Waals surface area contributed by atoms with Gasteiger partial charge in [0.1, 0.15) is 6.33 Å². The monoisotopic (exact) mass is 414 g/mol. The highest BCUT2D eigenvalue weighted by Crippen LogP contribution is 2.47. The van der Waals surface area contributed by atoms with Gasteiger partial charge in [-0.15, -0.1) is 5.10 Å². The molecule has 0 saturated carbocycles. The number of amides is 1. The van der Waals surface area contributed by atoms with Gasteiger partial charge in [0.15, 0.2) is 14.7 Å². The Morgan fingerprint density at radius 1 is 1.18 bits per heavy atom. The fourth-order valence-electron chi connectivity index (χ4n) is 3.44. The van der Waals surface area contributed by atoms with Crippen LogP contribution in [-0.4, -0.2) is 68.9 Å². The third-order valence-corrected chi connectivity index (χ3v) is 7.95. The topological polar surface area (TPSA) is 98.7 Å². The van der Waals surface area contributed by atoms with Gasteiger partial charge in [0.05, 0.1) is 12.7 Å². The molecular weight excluding hydrogens is 379 g/mol. The molecular formula is C18H35N6O3P. The van der Waals surface area contributed by atoms with Gasteiger partial charge >= 0.3 is 0 Å². The molecule has 1 amide bonds. The smallest absolute Gasteiger partial charge is 0.288 e. The Bertz CT molecular complexity index is 610. The second kappa shape index (κ2) is 10.6.